The number of rotatable bonds is 3. The van der Waals surface area contributed by atoms with Gasteiger partial charge in [-0.2, -0.15) is 13.2 Å². The zero-order chi connectivity index (χ0) is 21.3. The topological polar surface area (TPSA) is 58.1 Å². The van der Waals surface area contributed by atoms with Gasteiger partial charge in [0.05, 0.1) is 16.8 Å². The summed E-state index contributed by atoms with van der Waals surface area (Å²) in [5.41, 5.74) is 1.42. The molecule has 164 valence electrons. The third-order valence-corrected chi connectivity index (χ3v) is 5.20. The second kappa shape index (κ2) is 9.09. The molecule has 1 fully saturated rings. The first-order chi connectivity index (χ1) is 14.3. The molecular weight excluding hydrogens is 429 g/mol. The second-order valence-corrected chi connectivity index (χ2v) is 7.43. The minimum Gasteiger partial charge on any atom is -0.354 e. The van der Waals surface area contributed by atoms with Crippen LogP contribution in [0.3, 0.4) is 0 Å². The smallest absolute Gasteiger partial charge is 0.354 e. The van der Waals surface area contributed by atoms with E-state index in [-0.39, 0.29) is 24.0 Å². The molecule has 31 heavy (non-hydrogen) atoms. The van der Waals surface area contributed by atoms with E-state index in [1.807, 2.05) is 6.92 Å². The van der Waals surface area contributed by atoms with Crippen molar-refractivity contribution in [3.05, 3.63) is 59.4 Å². The van der Waals surface area contributed by atoms with E-state index in [0.717, 1.165) is 37.1 Å². The highest BCUT2D eigenvalue weighted by molar-refractivity contribution is 6.07. The Kier molecular flexibility index (Phi) is 6.69. The molecule has 1 aromatic carbocycles. The fourth-order valence-corrected chi connectivity index (χ4v) is 3.65. The molecule has 2 aromatic heterocycles. The summed E-state index contributed by atoms with van der Waals surface area (Å²) in [4.78, 5) is 23.7. The molecule has 0 spiro atoms. The monoisotopic (exact) mass is 450 g/mol. The molecule has 3 heterocycles. The number of hydrogen-bond acceptors (Lipinski definition) is 4. The van der Waals surface area contributed by atoms with E-state index in [0.29, 0.717) is 35.4 Å². The highest BCUT2D eigenvalue weighted by Crippen LogP contribution is 2.34. The normalized spacial score (nSPS) is 14.3. The number of likely N-dealkylation sites (tertiary alicyclic amines) is 1. The van der Waals surface area contributed by atoms with Crippen molar-refractivity contribution in [2.75, 3.05) is 18.4 Å². The molecule has 1 saturated heterocycles. The molecule has 4 rings (SSSR count). The number of halogens is 4. The van der Waals surface area contributed by atoms with Crippen LogP contribution in [0.4, 0.5) is 24.5 Å². The molecule has 0 aliphatic carbocycles. The molecule has 0 radical (unpaired) electrons. The van der Waals surface area contributed by atoms with Gasteiger partial charge in [-0.1, -0.05) is 6.07 Å². The van der Waals surface area contributed by atoms with Crippen LogP contribution in [-0.4, -0.2) is 33.9 Å². The van der Waals surface area contributed by atoms with Gasteiger partial charge in [0.25, 0.3) is 5.91 Å². The first-order valence-electron chi connectivity index (χ1n) is 9.83. The molecule has 1 aliphatic heterocycles. The van der Waals surface area contributed by atoms with Crippen molar-refractivity contribution >= 4 is 40.7 Å². The number of nitrogens with one attached hydrogen (secondary N) is 1. The van der Waals surface area contributed by atoms with Gasteiger partial charge >= 0.3 is 6.18 Å². The van der Waals surface area contributed by atoms with Crippen LogP contribution in [0, 0.1) is 6.92 Å². The number of piperidine rings is 1. The molecular formula is C22H22ClF3N4O. The van der Waals surface area contributed by atoms with Gasteiger partial charge in [0.1, 0.15) is 0 Å². The van der Waals surface area contributed by atoms with Gasteiger partial charge < -0.3 is 10.2 Å². The summed E-state index contributed by atoms with van der Waals surface area (Å²) in [6.07, 6.45) is -0.0448. The number of anilines is 2. The maximum atomic E-state index is 13.2. The maximum Gasteiger partial charge on any atom is 0.416 e. The van der Waals surface area contributed by atoms with Crippen molar-refractivity contribution in [1.29, 1.82) is 0 Å². The van der Waals surface area contributed by atoms with Gasteiger partial charge in [0.15, 0.2) is 5.65 Å². The molecule has 3 aromatic rings. The lowest BCUT2D eigenvalue weighted by Crippen LogP contribution is -2.36. The van der Waals surface area contributed by atoms with Gasteiger partial charge in [-0.05, 0) is 56.5 Å². The lowest BCUT2D eigenvalue weighted by atomic mass is 10.1. The summed E-state index contributed by atoms with van der Waals surface area (Å²) in [5.74, 6) is -0.181. The molecule has 1 aliphatic rings. The Labute approximate surface area is 184 Å². The van der Waals surface area contributed by atoms with Crippen LogP contribution in [0.25, 0.3) is 11.0 Å². The number of alkyl halides is 3. The van der Waals surface area contributed by atoms with Gasteiger partial charge in [-0.15, -0.1) is 12.4 Å². The van der Waals surface area contributed by atoms with Gasteiger partial charge in [-0.3, -0.25) is 4.79 Å². The summed E-state index contributed by atoms with van der Waals surface area (Å²) in [7, 11) is 0. The van der Waals surface area contributed by atoms with E-state index in [1.165, 1.54) is 18.3 Å². The van der Waals surface area contributed by atoms with Crippen molar-refractivity contribution in [3.8, 4) is 0 Å². The highest BCUT2D eigenvalue weighted by Gasteiger charge is 2.30. The Morgan fingerprint density at radius 1 is 1.10 bits per heavy atom. The summed E-state index contributed by atoms with van der Waals surface area (Å²) in [6.45, 7) is 3.14. The average Bonchev–Trinajstić information content (AvgIpc) is 2.73. The molecule has 0 unspecified atom stereocenters. The number of benzene rings is 1. The number of carbonyl (C=O) groups excluding carboxylic acids is 1. The summed E-state index contributed by atoms with van der Waals surface area (Å²) < 4.78 is 39.4. The molecule has 9 heteroatoms. The van der Waals surface area contributed by atoms with Crippen molar-refractivity contribution in [2.45, 2.75) is 32.4 Å². The Hall–Kier alpha value is -2.87. The SMILES string of the molecule is Cc1ccc2c(Nc3cccc(C(F)(F)F)c3)c(C(=O)N3CCCCC3)cnc2n1.Cl. The first kappa shape index (κ1) is 22.8. The Morgan fingerprint density at radius 2 is 1.84 bits per heavy atom. The minimum absolute atomic E-state index is 0. The van der Waals surface area contributed by atoms with E-state index in [9.17, 15) is 18.0 Å². The number of aromatic nitrogens is 2. The van der Waals surface area contributed by atoms with Crippen LogP contribution in [0.5, 0.6) is 0 Å². The average molecular weight is 451 g/mol. The van der Waals surface area contributed by atoms with Crippen molar-refractivity contribution in [1.82, 2.24) is 14.9 Å². The Balaban J connectivity index is 0.00000272. The van der Waals surface area contributed by atoms with E-state index in [1.54, 1.807) is 17.0 Å². The van der Waals surface area contributed by atoms with E-state index < -0.39 is 11.7 Å². The molecule has 0 atom stereocenters. The van der Waals surface area contributed by atoms with Crippen LogP contribution >= 0.6 is 12.4 Å². The zero-order valence-electron chi connectivity index (χ0n) is 16.9. The second-order valence-electron chi connectivity index (χ2n) is 7.43. The van der Waals surface area contributed by atoms with Crippen LogP contribution in [0.1, 0.15) is 40.9 Å². The third-order valence-electron chi connectivity index (χ3n) is 5.20. The number of carbonyl (C=O) groups is 1. The fourth-order valence-electron chi connectivity index (χ4n) is 3.65. The number of fused-ring (bicyclic) bond motifs is 1. The number of nitrogens with zero attached hydrogens (tertiary/aromatic N) is 3. The van der Waals surface area contributed by atoms with Gasteiger partial charge in [0, 0.05) is 36.1 Å². The number of amides is 1. The molecule has 1 N–H and O–H groups in total. The lowest BCUT2D eigenvalue weighted by molar-refractivity contribution is -0.137. The largest absolute Gasteiger partial charge is 0.416 e. The van der Waals surface area contributed by atoms with E-state index in [2.05, 4.69) is 15.3 Å². The van der Waals surface area contributed by atoms with Crippen molar-refractivity contribution in [3.63, 3.8) is 0 Å². The number of pyridine rings is 2. The number of aryl methyl sites for hydroxylation is 1. The fraction of sp³-hybridized carbons (Fsp3) is 0.318. The number of hydrogen-bond donors (Lipinski definition) is 1. The quantitative estimate of drug-likeness (QED) is 0.552. The Bertz CT molecular complexity index is 1100. The predicted octanol–water partition coefficient (Wildman–Crippen LogP) is 5.75. The van der Waals surface area contributed by atoms with Crippen molar-refractivity contribution in [2.24, 2.45) is 0 Å². The van der Waals surface area contributed by atoms with Crippen LogP contribution in [-0.2, 0) is 6.18 Å². The standard InChI is InChI=1S/C22H21F3N4O.ClH/c1-14-8-9-17-19(28-16-7-5-6-15(12-16)22(23,24)25)18(13-26-20(17)27-14)21(30)29-10-3-2-4-11-29;/h5-9,12-13H,2-4,10-11H2,1H3,(H,26,27,28);1H. The molecule has 1 amide bonds. The van der Waals surface area contributed by atoms with Gasteiger partial charge in [0.2, 0.25) is 0 Å². The predicted molar refractivity (Wildman–Crippen MR) is 116 cm³/mol. The van der Waals surface area contributed by atoms with Gasteiger partial charge in [-0.25, -0.2) is 9.97 Å². The first-order valence-corrected chi connectivity index (χ1v) is 9.83. The van der Waals surface area contributed by atoms with E-state index >= 15 is 0 Å². The molecule has 5 nitrogen and oxygen atoms in total. The maximum absolute atomic E-state index is 13.2. The van der Waals surface area contributed by atoms with Crippen LogP contribution in [0.2, 0.25) is 0 Å². The Morgan fingerprint density at radius 3 is 2.55 bits per heavy atom. The minimum atomic E-state index is -4.46. The summed E-state index contributed by atoms with van der Waals surface area (Å²) >= 11 is 0. The zero-order valence-corrected chi connectivity index (χ0v) is 17.7. The van der Waals surface area contributed by atoms with Crippen molar-refractivity contribution < 1.29 is 18.0 Å². The molecule has 0 saturated carbocycles. The summed E-state index contributed by atoms with van der Waals surface area (Å²) in [5, 5.41) is 3.62. The molecule has 0 bridgehead atoms. The van der Waals surface area contributed by atoms with Crippen LogP contribution < -0.4 is 5.32 Å². The third kappa shape index (κ3) is 4.90. The summed E-state index contributed by atoms with van der Waals surface area (Å²) in [6, 6.07) is 8.50. The highest BCUT2D eigenvalue weighted by atomic mass is 35.5. The van der Waals surface area contributed by atoms with E-state index in [4.69, 9.17) is 0 Å². The lowest BCUT2D eigenvalue weighted by Gasteiger charge is -2.27. The van der Waals surface area contributed by atoms with Crippen LogP contribution in [0.15, 0.2) is 42.6 Å².